The number of carbonyl (C=O) groups excluding carboxylic acids is 2. The van der Waals surface area contributed by atoms with E-state index in [0.717, 1.165) is 0 Å². The van der Waals surface area contributed by atoms with Crippen LogP contribution < -0.4 is 0 Å². The third-order valence-corrected chi connectivity index (χ3v) is 2.99. The van der Waals surface area contributed by atoms with Crippen LogP contribution in [0.2, 0.25) is 0 Å². The first kappa shape index (κ1) is 13.5. The molecule has 6 heteroatoms. The van der Waals surface area contributed by atoms with Crippen molar-refractivity contribution in [2.24, 2.45) is 0 Å². The second kappa shape index (κ2) is 4.95. The van der Waals surface area contributed by atoms with Crippen molar-refractivity contribution in [3.8, 4) is 0 Å². The van der Waals surface area contributed by atoms with Gasteiger partial charge in [0.1, 0.15) is 18.3 Å². The molecule has 18 heavy (non-hydrogen) atoms. The van der Waals surface area contributed by atoms with Gasteiger partial charge in [0.25, 0.3) is 0 Å². The van der Waals surface area contributed by atoms with Crippen LogP contribution in [0.5, 0.6) is 0 Å². The zero-order valence-corrected chi connectivity index (χ0v) is 10.8. The fourth-order valence-corrected chi connectivity index (χ4v) is 2.37. The lowest BCUT2D eigenvalue weighted by Gasteiger charge is -2.22. The van der Waals surface area contributed by atoms with E-state index in [-0.39, 0.29) is 12.4 Å². The number of aldehydes is 1. The molecule has 2 saturated heterocycles. The normalized spacial score (nSPS) is 37.3. The van der Waals surface area contributed by atoms with E-state index in [1.165, 1.54) is 0 Å². The van der Waals surface area contributed by atoms with E-state index in [2.05, 4.69) is 0 Å². The molecule has 0 N–H and O–H groups in total. The number of esters is 1. The van der Waals surface area contributed by atoms with Gasteiger partial charge in [0.05, 0.1) is 19.1 Å². The molecule has 0 aromatic heterocycles. The Bertz CT molecular complexity index is 339. The van der Waals surface area contributed by atoms with Crippen LogP contribution in [0.4, 0.5) is 0 Å². The van der Waals surface area contributed by atoms with Crippen LogP contribution in [0.15, 0.2) is 0 Å². The molecule has 0 unspecified atom stereocenters. The minimum absolute atomic E-state index is 0.0682. The quantitative estimate of drug-likeness (QED) is 0.538. The van der Waals surface area contributed by atoms with E-state index < -0.39 is 30.2 Å². The first-order valence-electron chi connectivity index (χ1n) is 6.09. The molecule has 0 aromatic rings. The number of hydrogen-bond acceptors (Lipinski definition) is 6. The summed E-state index contributed by atoms with van der Waals surface area (Å²) in [4.78, 5) is 22.4. The van der Waals surface area contributed by atoms with Gasteiger partial charge < -0.3 is 23.7 Å². The van der Waals surface area contributed by atoms with Gasteiger partial charge >= 0.3 is 5.97 Å². The zero-order chi connectivity index (χ0) is 13.3. The molecule has 2 aliphatic heterocycles. The van der Waals surface area contributed by atoms with E-state index in [1.54, 1.807) is 20.8 Å². The third kappa shape index (κ3) is 2.55. The van der Waals surface area contributed by atoms with Gasteiger partial charge in [-0.25, -0.2) is 0 Å². The van der Waals surface area contributed by atoms with Crippen molar-refractivity contribution in [3.63, 3.8) is 0 Å². The Morgan fingerprint density at radius 3 is 2.61 bits per heavy atom. The fraction of sp³-hybridized carbons (Fsp3) is 0.833. The fourth-order valence-electron chi connectivity index (χ4n) is 2.37. The standard InChI is InChI=1S/C12H18O6/c1-4-15-9(14)5-7-10-11(8(6-13)16-7)18-12(2,3)17-10/h6-8,10-11H,4-5H2,1-3H3/t7-,8+,10-,11+/m0/s1. The molecule has 2 fully saturated rings. The second-order valence-electron chi connectivity index (χ2n) is 4.85. The van der Waals surface area contributed by atoms with Crippen LogP contribution in [0, 0.1) is 0 Å². The summed E-state index contributed by atoms with van der Waals surface area (Å²) in [5.74, 6) is -1.12. The smallest absolute Gasteiger partial charge is 0.308 e. The van der Waals surface area contributed by atoms with Crippen LogP contribution in [-0.4, -0.2) is 49.1 Å². The lowest BCUT2D eigenvalue weighted by Crippen LogP contribution is -2.31. The van der Waals surface area contributed by atoms with Crippen molar-refractivity contribution in [1.82, 2.24) is 0 Å². The summed E-state index contributed by atoms with van der Waals surface area (Å²) < 4.78 is 21.6. The zero-order valence-electron chi connectivity index (χ0n) is 10.8. The summed E-state index contributed by atoms with van der Waals surface area (Å²) in [6, 6.07) is 0. The minimum Gasteiger partial charge on any atom is -0.466 e. The van der Waals surface area contributed by atoms with Gasteiger partial charge in [-0.05, 0) is 20.8 Å². The molecule has 4 atom stereocenters. The highest BCUT2D eigenvalue weighted by Crippen LogP contribution is 2.39. The summed E-state index contributed by atoms with van der Waals surface area (Å²) >= 11 is 0. The Labute approximate surface area is 106 Å². The van der Waals surface area contributed by atoms with Gasteiger partial charge in [0.15, 0.2) is 12.1 Å². The molecule has 2 rings (SSSR count). The van der Waals surface area contributed by atoms with Gasteiger partial charge in [0, 0.05) is 0 Å². The van der Waals surface area contributed by atoms with Gasteiger partial charge in [-0.1, -0.05) is 0 Å². The molecule has 0 spiro atoms. The molecular weight excluding hydrogens is 240 g/mol. The number of fused-ring (bicyclic) bond motifs is 1. The molecular formula is C12H18O6. The Balaban J connectivity index is 2.04. The molecule has 0 aliphatic carbocycles. The number of ether oxygens (including phenoxy) is 4. The summed E-state index contributed by atoms with van der Waals surface area (Å²) in [6.45, 7) is 5.60. The van der Waals surface area contributed by atoms with Crippen molar-refractivity contribution in [3.05, 3.63) is 0 Å². The second-order valence-corrected chi connectivity index (χ2v) is 4.85. The first-order chi connectivity index (χ1) is 8.46. The van der Waals surface area contributed by atoms with E-state index in [9.17, 15) is 9.59 Å². The SMILES string of the molecule is CCOC(=O)C[C@@H]1O[C@H](C=O)[C@H]2OC(C)(C)O[C@H]21. The summed E-state index contributed by atoms with van der Waals surface area (Å²) in [6.07, 6.45) is -1.27. The largest absolute Gasteiger partial charge is 0.466 e. The van der Waals surface area contributed by atoms with Crippen molar-refractivity contribution in [2.45, 2.75) is 57.4 Å². The van der Waals surface area contributed by atoms with Crippen LogP contribution in [0.1, 0.15) is 27.2 Å². The predicted molar refractivity (Wildman–Crippen MR) is 59.8 cm³/mol. The predicted octanol–water partition coefficient (Wildman–Crippen LogP) is 0.426. The van der Waals surface area contributed by atoms with Crippen molar-refractivity contribution < 1.29 is 28.5 Å². The molecule has 2 aliphatic rings. The van der Waals surface area contributed by atoms with Gasteiger partial charge in [0.2, 0.25) is 0 Å². The Kier molecular flexibility index (Phi) is 3.70. The molecule has 0 radical (unpaired) electrons. The number of carbonyl (C=O) groups is 2. The number of rotatable bonds is 4. The topological polar surface area (TPSA) is 71.1 Å². The molecule has 102 valence electrons. The van der Waals surface area contributed by atoms with Gasteiger partial charge in [-0.2, -0.15) is 0 Å². The highest BCUT2D eigenvalue weighted by atomic mass is 16.8. The van der Waals surface area contributed by atoms with Crippen LogP contribution in [0.25, 0.3) is 0 Å². The van der Waals surface area contributed by atoms with E-state index in [0.29, 0.717) is 12.9 Å². The van der Waals surface area contributed by atoms with E-state index in [1.807, 2.05) is 0 Å². The summed E-state index contributed by atoms with van der Waals surface area (Å²) in [5.41, 5.74) is 0. The van der Waals surface area contributed by atoms with Crippen LogP contribution in [-0.2, 0) is 28.5 Å². The van der Waals surface area contributed by atoms with Crippen molar-refractivity contribution >= 4 is 12.3 Å². The minimum atomic E-state index is -0.757. The van der Waals surface area contributed by atoms with E-state index >= 15 is 0 Å². The maximum absolute atomic E-state index is 11.5. The monoisotopic (exact) mass is 258 g/mol. The maximum Gasteiger partial charge on any atom is 0.308 e. The molecule has 0 bridgehead atoms. The summed E-state index contributed by atoms with van der Waals surface area (Å²) in [5, 5.41) is 0. The lowest BCUT2D eigenvalue weighted by molar-refractivity contribution is -0.188. The molecule has 2 heterocycles. The summed E-state index contributed by atoms with van der Waals surface area (Å²) in [7, 11) is 0. The highest BCUT2D eigenvalue weighted by Gasteiger charge is 2.55. The van der Waals surface area contributed by atoms with Crippen molar-refractivity contribution in [1.29, 1.82) is 0 Å². The van der Waals surface area contributed by atoms with Gasteiger partial charge in [-0.3, -0.25) is 4.79 Å². The lowest BCUT2D eigenvalue weighted by atomic mass is 10.1. The Morgan fingerprint density at radius 2 is 2.00 bits per heavy atom. The molecule has 0 amide bonds. The van der Waals surface area contributed by atoms with Crippen molar-refractivity contribution in [2.75, 3.05) is 6.61 Å². The average Bonchev–Trinajstić information content (AvgIpc) is 2.74. The third-order valence-electron chi connectivity index (χ3n) is 2.99. The Morgan fingerprint density at radius 1 is 1.33 bits per heavy atom. The van der Waals surface area contributed by atoms with E-state index in [4.69, 9.17) is 18.9 Å². The number of hydrogen-bond donors (Lipinski definition) is 0. The average molecular weight is 258 g/mol. The highest BCUT2D eigenvalue weighted by molar-refractivity contribution is 5.70. The molecule has 0 saturated carbocycles. The molecule has 0 aromatic carbocycles. The van der Waals surface area contributed by atoms with Gasteiger partial charge in [-0.15, -0.1) is 0 Å². The maximum atomic E-state index is 11.5. The molecule has 6 nitrogen and oxygen atoms in total. The first-order valence-corrected chi connectivity index (χ1v) is 6.09. The Hall–Kier alpha value is -0.980. The van der Waals surface area contributed by atoms with Crippen LogP contribution >= 0.6 is 0 Å². The van der Waals surface area contributed by atoms with Crippen LogP contribution in [0.3, 0.4) is 0 Å².